The smallest absolute Gasteiger partial charge is 0.260 e. The number of hydrogen-bond donors (Lipinski definition) is 0. The van der Waals surface area contributed by atoms with Crippen molar-refractivity contribution in [3.05, 3.63) is 59.4 Å². The fourth-order valence-corrected chi connectivity index (χ4v) is 4.51. The standard InChI is InChI=1S/C32H49N2O3/c1-7-8-9-10-11-12-13-14-15-18-23-37-30-21-20-27(24-29(30)32(3,4)5)31(36)34(26(2)35)25-28-19-16-17-22-33(28)6/h16-17,19-22,24H,7-15,18,23,25H2,1-6H3/q+1. The van der Waals surface area contributed by atoms with Crippen molar-refractivity contribution in [2.75, 3.05) is 6.61 Å². The minimum Gasteiger partial charge on any atom is -0.493 e. The second-order valence-electron chi connectivity index (χ2n) is 11.2. The molecule has 0 atom stereocenters. The van der Waals surface area contributed by atoms with E-state index < -0.39 is 0 Å². The maximum absolute atomic E-state index is 13.4. The van der Waals surface area contributed by atoms with E-state index in [0.29, 0.717) is 12.2 Å². The van der Waals surface area contributed by atoms with Gasteiger partial charge in [-0.3, -0.25) is 14.5 Å². The molecule has 0 unspecified atom stereocenters. The van der Waals surface area contributed by atoms with E-state index in [1.54, 1.807) is 6.07 Å². The molecule has 37 heavy (non-hydrogen) atoms. The summed E-state index contributed by atoms with van der Waals surface area (Å²) in [5, 5.41) is 0. The third-order valence-corrected chi connectivity index (χ3v) is 6.90. The zero-order valence-corrected chi connectivity index (χ0v) is 24.1. The van der Waals surface area contributed by atoms with Crippen molar-refractivity contribution in [1.29, 1.82) is 0 Å². The molecule has 204 valence electrons. The Labute approximate surface area is 225 Å². The van der Waals surface area contributed by atoms with Crippen LogP contribution in [0.2, 0.25) is 0 Å². The van der Waals surface area contributed by atoms with Gasteiger partial charge < -0.3 is 4.74 Å². The Kier molecular flexibility index (Phi) is 12.8. The predicted octanol–water partition coefficient (Wildman–Crippen LogP) is 7.30. The molecule has 0 fully saturated rings. The van der Waals surface area contributed by atoms with Crippen molar-refractivity contribution in [3.8, 4) is 5.75 Å². The van der Waals surface area contributed by atoms with Gasteiger partial charge in [-0.1, -0.05) is 91.5 Å². The largest absolute Gasteiger partial charge is 0.493 e. The number of carbonyl (C=O) groups is 2. The summed E-state index contributed by atoms with van der Waals surface area (Å²) in [4.78, 5) is 27.1. The van der Waals surface area contributed by atoms with Crippen LogP contribution in [-0.2, 0) is 23.8 Å². The van der Waals surface area contributed by atoms with Gasteiger partial charge in [-0.05, 0) is 30.0 Å². The molecular weight excluding hydrogens is 460 g/mol. The molecule has 1 heterocycles. The van der Waals surface area contributed by atoms with Crippen LogP contribution in [0.3, 0.4) is 0 Å². The monoisotopic (exact) mass is 509 g/mol. The second kappa shape index (κ2) is 15.5. The van der Waals surface area contributed by atoms with Gasteiger partial charge in [0.1, 0.15) is 19.3 Å². The minimum absolute atomic E-state index is 0.198. The summed E-state index contributed by atoms with van der Waals surface area (Å²) in [6.45, 7) is 11.0. The molecule has 2 amide bonds. The highest BCUT2D eigenvalue weighted by Gasteiger charge is 2.26. The lowest BCUT2D eigenvalue weighted by atomic mass is 9.85. The van der Waals surface area contributed by atoms with Crippen LogP contribution in [0.4, 0.5) is 0 Å². The first-order valence-corrected chi connectivity index (χ1v) is 14.2. The Balaban J connectivity index is 1.97. The van der Waals surface area contributed by atoms with Crippen LogP contribution in [0.5, 0.6) is 5.75 Å². The first-order chi connectivity index (χ1) is 17.6. The van der Waals surface area contributed by atoms with Gasteiger partial charge in [-0.25, -0.2) is 4.57 Å². The molecule has 1 aromatic carbocycles. The fourth-order valence-electron chi connectivity index (χ4n) is 4.51. The number of hydrogen-bond acceptors (Lipinski definition) is 3. The van der Waals surface area contributed by atoms with Crippen molar-refractivity contribution in [2.24, 2.45) is 7.05 Å². The zero-order valence-electron chi connectivity index (χ0n) is 24.1. The molecule has 2 aromatic rings. The summed E-state index contributed by atoms with van der Waals surface area (Å²) in [5.74, 6) is 0.263. The summed E-state index contributed by atoms with van der Waals surface area (Å²) in [5.41, 5.74) is 2.18. The Bertz CT molecular complexity index is 994. The maximum Gasteiger partial charge on any atom is 0.260 e. The summed E-state index contributed by atoms with van der Waals surface area (Å²) < 4.78 is 8.12. The number of amides is 2. The number of pyridine rings is 1. The average molecular weight is 510 g/mol. The molecule has 0 radical (unpaired) electrons. The van der Waals surface area contributed by atoms with Gasteiger partial charge in [-0.2, -0.15) is 0 Å². The Morgan fingerprint density at radius 1 is 0.892 bits per heavy atom. The first kappa shape index (κ1) is 30.5. The highest BCUT2D eigenvalue weighted by molar-refractivity contribution is 6.04. The SMILES string of the molecule is CCCCCCCCCCCCOc1ccc(C(=O)N(Cc2cccc[n+]2C)C(C)=O)cc1C(C)(C)C. The van der Waals surface area contributed by atoms with Crippen LogP contribution in [0.1, 0.15) is 120 Å². The van der Waals surface area contributed by atoms with Crippen LogP contribution >= 0.6 is 0 Å². The van der Waals surface area contributed by atoms with Crippen LogP contribution in [0, 0.1) is 0 Å². The highest BCUT2D eigenvalue weighted by Crippen LogP contribution is 2.33. The normalized spacial score (nSPS) is 11.4. The van der Waals surface area contributed by atoms with Gasteiger partial charge in [0, 0.05) is 30.2 Å². The Morgan fingerprint density at radius 2 is 1.51 bits per heavy atom. The molecule has 0 aliphatic heterocycles. The predicted molar refractivity (Wildman–Crippen MR) is 151 cm³/mol. The van der Waals surface area contributed by atoms with E-state index in [4.69, 9.17) is 4.74 Å². The van der Waals surface area contributed by atoms with Crippen molar-refractivity contribution < 1.29 is 18.9 Å². The molecule has 5 heteroatoms. The number of rotatable bonds is 15. The van der Waals surface area contributed by atoms with E-state index in [9.17, 15) is 9.59 Å². The maximum atomic E-state index is 13.4. The van der Waals surface area contributed by atoms with Gasteiger partial charge in [0.2, 0.25) is 11.6 Å². The lowest BCUT2D eigenvalue weighted by Gasteiger charge is -2.25. The van der Waals surface area contributed by atoms with Crippen LogP contribution in [-0.4, -0.2) is 23.3 Å². The van der Waals surface area contributed by atoms with E-state index in [2.05, 4.69) is 27.7 Å². The van der Waals surface area contributed by atoms with E-state index in [0.717, 1.165) is 23.4 Å². The molecule has 0 bridgehead atoms. The fraction of sp³-hybridized carbons (Fsp3) is 0.594. The number of aryl methyl sites for hydroxylation is 1. The molecule has 0 aliphatic rings. The van der Waals surface area contributed by atoms with E-state index >= 15 is 0 Å². The van der Waals surface area contributed by atoms with Gasteiger partial charge in [0.25, 0.3) is 5.91 Å². The number of unbranched alkanes of at least 4 members (excludes halogenated alkanes) is 9. The molecule has 0 N–H and O–H groups in total. The lowest BCUT2D eigenvalue weighted by molar-refractivity contribution is -0.679. The van der Waals surface area contributed by atoms with Crippen molar-refractivity contribution in [2.45, 2.75) is 111 Å². The topological polar surface area (TPSA) is 50.5 Å². The van der Waals surface area contributed by atoms with Crippen molar-refractivity contribution >= 4 is 11.8 Å². The highest BCUT2D eigenvalue weighted by atomic mass is 16.5. The van der Waals surface area contributed by atoms with Gasteiger partial charge in [-0.15, -0.1) is 0 Å². The third kappa shape index (κ3) is 10.3. The van der Waals surface area contributed by atoms with Crippen molar-refractivity contribution in [1.82, 2.24) is 4.90 Å². The van der Waals surface area contributed by atoms with E-state index in [1.165, 1.54) is 69.6 Å². The first-order valence-electron chi connectivity index (χ1n) is 14.2. The number of aromatic nitrogens is 1. The molecule has 0 spiro atoms. The quantitative estimate of drug-likeness (QED) is 0.187. The third-order valence-electron chi connectivity index (χ3n) is 6.90. The zero-order chi connectivity index (χ0) is 27.3. The summed E-state index contributed by atoms with van der Waals surface area (Å²) >= 11 is 0. The molecule has 1 aromatic heterocycles. The number of ether oxygens (including phenoxy) is 1. The van der Waals surface area contributed by atoms with Gasteiger partial charge >= 0.3 is 0 Å². The van der Waals surface area contributed by atoms with Gasteiger partial charge in [0.05, 0.1) is 6.61 Å². The molecular formula is C32H49N2O3+. The number of carbonyl (C=O) groups excluding carboxylic acids is 2. The molecule has 0 saturated carbocycles. The Morgan fingerprint density at radius 3 is 2.08 bits per heavy atom. The summed E-state index contributed by atoms with van der Waals surface area (Å²) in [6, 6.07) is 11.3. The summed E-state index contributed by atoms with van der Waals surface area (Å²) in [6.07, 6.45) is 14.8. The Hall–Kier alpha value is -2.69. The van der Waals surface area contributed by atoms with Gasteiger partial charge in [0.15, 0.2) is 6.20 Å². The summed E-state index contributed by atoms with van der Waals surface area (Å²) in [7, 11) is 1.91. The lowest BCUT2D eigenvalue weighted by Crippen LogP contribution is -2.41. The molecule has 2 rings (SSSR count). The number of benzene rings is 1. The van der Waals surface area contributed by atoms with E-state index in [-0.39, 0.29) is 23.8 Å². The molecule has 5 nitrogen and oxygen atoms in total. The molecule has 0 saturated heterocycles. The van der Waals surface area contributed by atoms with E-state index in [1.807, 2.05) is 48.1 Å². The second-order valence-corrected chi connectivity index (χ2v) is 11.2. The molecule has 0 aliphatic carbocycles. The van der Waals surface area contributed by atoms with Crippen LogP contribution in [0.15, 0.2) is 42.6 Å². The van der Waals surface area contributed by atoms with Crippen LogP contribution in [0.25, 0.3) is 0 Å². The van der Waals surface area contributed by atoms with Crippen molar-refractivity contribution in [3.63, 3.8) is 0 Å². The number of imide groups is 1. The van der Waals surface area contributed by atoms with Crippen LogP contribution < -0.4 is 9.30 Å². The minimum atomic E-state index is -0.289. The number of nitrogens with zero attached hydrogens (tertiary/aromatic N) is 2. The average Bonchev–Trinajstić information content (AvgIpc) is 2.85.